The van der Waals surface area contributed by atoms with Crippen molar-refractivity contribution in [1.82, 2.24) is 4.72 Å². The summed E-state index contributed by atoms with van der Waals surface area (Å²) >= 11 is 0. The van der Waals surface area contributed by atoms with Gasteiger partial charge in [-0.25, -0.2) is 13.7 Å². The van der Waals surface area contributed by atoms with Crippen molar-refractivity contribution < 1.29 is 13.4 Å². The summed E-state index contributed by atoms with van der Waals surface area (Å²) in [4.78, 5) is 12.6. The lowest BCUT2D eigenvalue weighted by Crippen LogP contribution is -2.31. The summed E-state index contributed by atoms with van der Waals surface area (Å²) in [5.74, 6) is 1.34. The number of carbonyl (C=O) groups excluding carboxylic acids is 1. The molecule has 3 aliphatic rings. The van der Waals surface area contributed by atoms with Gasteiger partial charge < -0.3 is 9.73 Å². The van der Waals surface area contributed by atoms with E-state index in [2.05, 4.69) is 23.0 Å². The van der Waals surface area contributed by atoms with E-state index in [1.165, 1.54) is 22.3 Å². The molecule has 0 aliphatic heterocycles. The second-order valence-electron chi connectivity index (χ2n) is 8.30. The van der Waals surface area contributed by atoms with Crippen molar-refractivity contribution in [2.75, 3.05) is 5.32 Å². The molecule has 0 fully saturated rings. The number of fused-ring (bicyclic) bond motifs is 3. The molecule has 0 saturated carbocycles. The van der Waals surface area contributed by atoms with Crippen LogP contribution in [0.1, 0.15) is 72.1 Å². The van der Waals surface area contributed by atoms with E-state index in [9.17, 15) is 9.00 Å². The van der Waals surface area contributed by atoms with E-state index in [1.54, 1.807) is 0 Å². The molecule has 1 aromatic carbocycles. The third-order valence-corrected chi connectivity index (χ3v) is 7.41. The zero-order valence-electron chi connectivity index (χ0n) is 16.2. The molecule has 1 unspecified atom stereocenters. The Morgan fingerprint density at radius 3 is 2.43 bits per heavy atom. The fraction of sp³-hybridized carbons (Fsp3) is 0.500. The summed E-state index contributed by atoms with van der Waals surface area (Å²) in [7, 11) is -1.69. The van der Waals surface area contributed by atoms with Crippen LogP contribution in [-0.2, 0) is 43.1 Å². The van der Waals surface area contributed by atoms with Gasteiger partial charge in [0.1, 0.15) is 5.76 Å². The molecule has 2 N–H and O–H groups in total. The predicted molar refractivity (Wildman–Crippen MR) is 109 cm³/mol. The lowest BCUT2D eigenvalue weighted by atomic mass is 9.89. The average molecular weight is 399 g/mol. The number of urea groups is 1. The van der Waals surface area contributed by atoms with Gasteiger partial charge in [-0.2, -0.15) is 0 Å². The van der Waals surface area contributed by atoms with Crippen molar-refractivity contribution in [3.63, 3.8) is 0 Å². The van der Waals surface area contributed by atoms with Crippen molar-refractivity contribution in [2.24, 2.45) is 0 Å². The molecule has 0 spiro atoms. The SMILES string of the molecule is C[C@@H]1CCCc2oc(S(=O)NC(=O)Nc3c4c(cc5c3CCC5)CCC4)cc21. The lowest BCUT2D eigenvalue weighted by molar-refractivity contribution is 0.256. The monoisotopic (exact) mass is 398 g/mol. The van der Waals surface area contributed by atoms with Crippen LogP contribution in [0.15, 0.2) is 21.6 Å². The van der Waals surface area contributed by atoms with E-state index in [0.717, 1.165) is 74.8 Å². The molecule has 0 saturated heterocycles. The number of carbonyl (C=O) groups is 1. The Balaban J connectivity index is 1.34. The maximum atomic E-state index is 12.7. The first-order chi connectivity index (χ1) is 13.6. The van der Waals surface area contributed by atoms with Gasteiger partial charge in [-0.3, -0.25) is 0 Å². The van der Waals surface area contributed by atoms with Gasteiger partial charge in [0.25, 0.3) is 0 Å². The van der Waals surface area contributed by atoms with Crippen molar-refractivity contribution in [3.8, 4) is 0 Å². The molecule has 5 nitrogen and oxygen atoms in total. The molecule has 148 valence electrons. The molecule has 5 rings (SSSR count). The highest BCUT2D eigenvalue weighted by Gasteiger charge is 2.27. The van der Waals surface area contributed by atoms with Crippen LogP contribution < -0.4 is 10.0 Å². The van der Waals surface area contributed by atoms with E-state index in [1.807, 2.05) is 6.07 Å². The quantitative estimate of drug-likeness (QED) is 0.797. The van der Waals surface area contributed by atoms with Crippen LogP contribution in [0.3, 0.4) is 0 Å². The van der Waals surface area contributed by atoms with E-state index in [0.29, 0.717) is 11.0 Å². The Morgan fingerprint density at radius 1 is 1.04 bits per heavy atom. The highest BCUT2D eigenvalue weighted by atomic mass is 32.2. The Bertz CT molecular complexity index is 946. The van der Waals surface area contributed by atoms with Crippen LogP contribution in [0.25, 0.3) is 0 Å². The molecule has 6 heteroatoms. The molecular formula is C22H26N2O3S. The zero-order valence-corrected chi connectivity index (χ0v) is 17.0. The van der Waals surface area contributed by atoms with Gasteiger partial charge in [0.15, 0.2) is 11.0 Å². The van der Waals surface area contributed by atoms with Crippen molar-refractivity contribution in [3.05, 3.63) is 45.7 Å². The number of nitrogens with one attached hydrogen (secondary N) is 2. The smallest absolute Gasteiger partial charge is 0.331 e. The van der Waals surface area contributed by atoms with Crippen LogP contribution in [-0.4, -0.2) is 10.2 Å². The number of hydrogen-bond donors (Lipinski definition) is 2. The van der Waals surface area contributed by atoms with Gasteiger partial charge >= 0.3 is 6.03 Å². The summed E-state index contributed by atoms with van der Waals surface area (Å²) < 4.78 is 21.1. The average Bonchev–Trinajstić information content (AvgIpc) is 3.40. The van der Waals surface area contributed by atoms with Crippen LogP contribution in [0.5, 0.6) is 0 Å². The fourth-order valence-electron chi connectivity index (χ4n) is 5.09. The van der Waals surface area contributed by atoms with Crippen molar-refractivity contribution in [1.29, 1.82) is 0 Å². The normalized spacial score (nSPS) is 21.0. The molecule has 0 bridgehead atoms. The second-order valence-corrected chi connectivity index (χ2v) is 9.44. The van der Waals surface area contributed by atoms with E-state index < -0.39 is 17.0 Å². The fourth-order valence-corrected chi connectivity index (χ4v) is 5.82. The first-order valence-electron chi connectivity index (χ1n) is 10.4. The van der Waals surface area contributed by atoms with Gasteiger partial charge in [0, 0.05) is 12.1 Å². The topological polar surface area (TPSA) is 71.3 Å². The Hall–Kier alpha value is -2.08. The number of hydrogen-bond acceptors (Lipinski definition) is 3. The molecule has 2 amide bonds. The lowest BCUT2D eigenvalue weighted by Gasteiger charge is -2.16. The maximum absolute atomic E-state index is 12.7. The molecular weight excluding hydrogens is 372 g/mol. The number of aryl methyl sites for hydroxylation is 3. The molecule has 2 atom stereocenters. The summed E-state index contributed by atoms with van der Waals surface area (Å²) in [5, 5.41) is 3.37. The van der Waals surface area contributed by atoms with E-state index in [-0.39, 0.29) is 0 Å². The minimum atomic E-state index is -1.69. The Morgan fingerprint density at radius 2 is 1.75 bits per heavy atom. The van der Waals surface area contributed by atoms with Crippen molar-refractivity contribution in [2.45, 2.75) is 75.7 Å². The van der Waals surface area contributed by atoms with Gasteiger partial charge in [-0.1, -0.05) is 13.0 Å². The number of furan rings is 1. The summed E-state index contributed by atoms with van der Waals surface area (Å²) in [6.45, 7) is 2.16. The van der Waals surface area contributed by atoms with Gasteiger partial charge in [0.05, 0.1) is 0 Å². The molecule has 0 radical (unpaired) electrons. The van der Waals surface area contributed by atoms with Crippen LogP contribution in [0.2, 0.25) is 0 Å². The Kier molecular flexibility index (Phi) is 4.54. The first kappa shape index (κ1) is 18.0. The van der Waals surface area contributed by atoms with E-state index >= 15 is 0 Å². The largest absolute Gasteiger partial charge is 0.450 e. The first-order valence-corrected chi connectivity index (χ1v) is 11.5. The highest BCUT2D eigenvalue weighted by Crippen LogP contribution is 2.38. The summed E-state index contributed by atoms with van der Waals surface area (Å²) in [5.41, 5.74) is 7.36. The zero-order chi connectivity index (χ0) is 19.3. The molecule has 1 aromatic heterocycles. The van der Waals surface area contributed by atoms with Crippen molar-refractivity contribution >= 4 is 22.7 Å². The maximum Gasteiger partial charge on any atom is 0.331 e. The molecule has 3 aliphatic carbocycles. The number of rotatable bonds is 3. The van der Waals surface area contributed by atoms with Gasteiger partial charge in [-0.15, -0.1) is 0 Å². The third-order valence-electron chi connectivity index (χ3n) is 6.47. The minimum absolute atomic E-state index is 0.345. The Labute approximate surface area is 167 Å². The van der Waals surface area contributed by atoms with Gasteiger partial charge in [0.2, 0.25) is 5.09 Å². The number of benzene rings is 1. The molecule has 28 heavy (non-hydrogen) atoms. The predicted octanol–water partition coefficient (Wildman–Crippen LogP) is 4.54. The van der Waals surface area contributed by atoms with E-state index in [4.69, 9.17) is 4.42 Å². The number of amides is 2. The van der Waals surface area contributed by atoms with Crippen LogP contribution >= 0.6 is 0 Å². The summed E-state index contributed by atoms with van der Waals surface area (Å²) in [6.07, 6.45) is 9.54. The van der Waals surface area contributed by atoms with Gasteiger partial charge in [-0.05, 0) is 91.2 Å². The number of anilines is 1. The minimum Gasteiger partial charge on any atom is -0.450 e. The van der Waals surface area contributed by atoms with Crippen LogP contribution in [0.4, 0.5) is 10.5 Å². The molecule has 1 heterocycles. The highest BCUT2D eigenvalue weighted by molar-refractivity contribution is 7.83. The second kappa shape index (κ2) is 7.07. The summed E-state index contributed by atoms with van der Waals surface area (Å²) in [6, 6.07) is 3.77. The van der Waals surface area contributed by atoms with Crippen LogP contribution in [0, 0.1) is 0 Å². The third kappa shape index (κ3) is 3.08. The molecule has 2 aromatic rings. The standard InChI is InChI=1S/C22H26N2O3S/c1-13-5-2-10-19-18(13)12-20(27-19)28(26)24-22(25)23-21-16-8-3-6-14(16)11-15-7-4-9-17(15)21/h11-13H,2-10H2,1H3,(H2,23,24,25)/t13-,28?/m1/s1.